The molecule has 0 aromatic heterocycles. The summed E-state index contributed by atoms with van der Waals surface area (Å²) in [4.78, 5) is 7.40. The molecule has 4 aliphatic carbocycles. The van der Waals surface area contributed by atoms with Crippen LogP contribution in [0, 0.1) is 0 Å². The number of hydrogen-bond donors (Lipinski definition) is 1. The van der Waals surface area contributed by atoms with Gasteiger partial charge in [0.1, 0.15) is 0 Å². The Morgan fingerprint density at radius 2 is 0.549 bits per heavy atom. The molecule has 0 amide bonds. The van der Waals surface area contributed by atoms with E-state index >= 15 is 0 Å². The molecule has 0 unspecified atom stereocenters. The molecule has 24 rings (SSSR count). The molecule has 2 aliphatic heterocycles. The number of fused-ring (bicyclic) bond motifs is 24. The standard InChI is InChI=1S/C58H42N2.C31H20BrN.C27H23N.CH4/c1-57(2)48-25-11-9-22-44(48)46-37-36-43(38-52(46)57)59(42-34-32-40(33-35-42)39-18-5-3-6-19-39)55-31-17-24-47-45-23-10-12-26-49(45)58(56(47)55)50-27-13-15-29-53(50)60(41-20-7-4-8-21-41)54-30-16-14-28-51(54)58;32-27-18-10-14-23-22-13-4-5-15-24(22)31(30(23)27)25-16-6-8-19-28(25)33(21-11-2-1-3-12-21)29-20-9-7-17-26(29)31;1-27(2)25-11-7-6-10-23(25)24-17-16-22(18-26(24)27)28-21-14-12-20(13-15-21)19-8-4-3-5-9-19;/h3-38H,1-2H3;1-20H;3-18,28H,1-2H3;1H4. The van der Waals surface area contributed by atoms with Gasteiger partial charge in [0.2, 0.25) is 0 Å². The molecular formula is C117H89BrN4. The summed E-state index contributed by atoms with van der Waals surface area (Å²) in [5.74, 6) is 0. The molecule has 18 aromatic rings. The average Bonchev–Trinajstić information content (AvgIpc) is 1.48. The first-order valence-electron chi connectivity index (χ1n) is 42.1. The Labute approximate surface area is 724 Å². The van der Waals surface area contributed by atoms with E-state index in [1.165, 1.54) is 168 Å². The molecule has 0 atom stereocenters. The topological polar surface area (TPSA) is 21.8 Å². The number of nitrogens with zero attached hydrogens (tertiary/aromatic N) is 3. The normalized spacial score (nSPS) is 14.1. The number of rotatable bonds is 9. The number of hydrogen-bond acceptors (Lipinski definition) is 4. The van der Waals surface area contributed by atoms with Crippen LogP contribution < -0.4 is 20.0 Å². The predicted molar refractivity (Wildman–Crippen MR) is 515 cm³/mol. The molecule has 2 spiro atoms. The third kappa shape index (κ3) is 11.6. The van der Waals surface area contributed by atoms with Crippen molar-refractivity contribution >= 4 is 78.5 Å². The summed E-state index contributed by atoms with van der Waals surface area (Å²) in [5, 5.41) is 3.58. The van der Waals surface area contributed by atoms with Gasteiger partial charge in [-0.1, -0.05) is 379 Å². The molecule has 122 heavy (non-hydrogen) atoms. The van der Waals surface area contributed by atoms with Crippen LogP contribution in [0.3, 0.4) is 0 Å². The van der Waals surface area contributed by atoms with E-state index in [9.17, 15) is 0 Å². The lowest BCUT2D eigenvalue weighted by Crippen LogP contribution is -2.37. The summed E-state index contributed by atoms with van der Waals surface area (Å²) in [5.41, 5.74) is 43.1. The lowest BCUT2D eigenvalue weighted by Gasteiger charge is -2.46. The molecule has 18 aromatic carbocycles. The van der Waals surface area contributed by atoms with Gasteiger partial charge in [0.15, 0.2) is 0 Å². The van der Waals surface area contributed by atoms with Gasteiger partial charge in [-0.05, 0) is 237 Å². The Kier molecular flexibility index (Phi) is 18.4. The molecule has 1 N–H and O–H groups in total. The van der Waals surface area contributed by atoms with Crippen molar-refractivity contribution in [2.45, 2.75) is 56.8 Å². The SMILES string of the molecule is Brc1cccc2c1C1(c3ccccc3-2)c2ccccc2N(c2ccccc2)c2ccccc21.C.CC1(C)c2ccccc2-c2ccc(N(c3ccc(-c4ccccc4)cc3)c3cccc4c3C3(c5ccccc5-4)c4ccccc4N(c4ccccc4)c4ccccc43)cc21.CC1(C)c2ccccc2-c2ccc(Nc3ccc(-c4ccccc4)cc3)cc21. The first-order valence-corrected chi connectivity index (χ1v) is 42.9. The fraction of sp³-hybridized carbons (Fsp3) is 0.0769. The van der Waals surface area contributed by atoms with E-state index < -0.39 is 5.41 Å². The van der Waals surface area contributed by atoms with E-state index in [1.54, 1.807) is 0 Å². The summed E-state index contributed by atoms with van der Waals surface area (Å²) in [6.07, 6.45) is 0. The maximum atomic E-state index is 3.97. The first kappa shape index (κ1) is 75.1. The van der Waals surface area contributed by atoms with Crippen LogP contribution in [0.5, 0.6) is 0 Å². The van der Waals surface area contributed by atoms with Gasteiger partial charge >= 0.3 is 0 Å². The van der Waals surface area contributed by atoms with E-state index in [4.69, 9.17) is 0 Å². The zero-order chi connectivity index (χ0) is 81.1. The predicted octanol–water partition coefficient (Wildman–Crippen LogP) is 31.9. The van der Waals surface area contributed by atoms with Crippen LogP contribution in [0.25, 0.3) is 66.8 Å². The van der Waals surface area contributed by atoms with Crippen molar-refractivity contribution in [1.29, 1.82) is 0 Å². The monoisotopic (exact) mass is 1630 g/mol. The number of nitrogens with one attached hydrogen (secondary N) is 1. The van der Waals surface area contributed by atoms with Crippen LogP contribution in [0.15, 0.2) is 441 Å². The van der Waals surface area contributed by atoms with Gasteiger partial charge in [0, 0.05) is 55.0 Å². The Morgan fingerprint density at radius 1 is 0.238 bits per heavy atom. The average molecular weight is 1630 g/mol. The second-order valence-electron chi connectivity index (χ2n) is 33.5. The van der Waals surface area contributed by atoms with Crippen LogP contribution in [-0.4, -0.2) is 0 Å². The molecule has 0 saturated heterocycles. The third-order valence-electron chi connectivity index (χ3n) is 26.4. The fourth-order valence-corrected chi connectivity index (χ4v) is 21.8. The van der Waals surface area contributed by atoms with Crippen molar-refractivity contribution < 1.29 is 0 Å². The van der Waals surface area contributed by atoms with Gasteiger partial charge in [0.05, 0.1) is 39.3 Å². The van der Waals surface area contributed by atoms with Crippen LogP contribution in [-0.2, 0) is 21.7 Å². The van der Waals surface area contributed by atoms with Gasteiger partial charge in [-0.2, -0.15) is 0 Å². The highest BCUT2D eigenvalue weighted by Crippen LogP contribution is 2.68. The number of para-hydroxylation sites is 6. The number of benzene rings is 18. The van der Waals surface area contributed by atoms with Crippen molar-refractivity contribution in [1.82, 2.24) is 0 Å². The quantitative estimate of drug-likeness (QED) is 0.155. The second-order valence-corrected chi connectivity index (χ2v) is 34.4. The van der Waals surface area contributed by atoms with Gasteiger partial charge < -0.3 is 20.0 Å². The van der Waals surface area contributed by atoms with Gasteiger partial charge in [-0.25, -0.2) is 0 Å². The fourth-order valence-electron chi connectivity index (χ4n) is 21.2. The largest absolute Gasteiger partial charge is 0.356 e. The van der Waals surface area contributed by atoms with Gasteiger partial charge in [-0.15, -0.1) is 0 Å². The maximum Gasteiger partial charge on any atom is 0.0774 e. The van der Waals surface area contributed by atoms with E-state index in [2.05, 4.69) is 494 Å². The highest BCUT2D eigenvalue weighted by Gasteiger charge is 2.55. The van der Waals surface area contributed by atoms with Crippen molar-refractivity contribution in [3.05, 3.63) is 508 Å². The summed E-state index contributed by atoms with van der Waals surface area (Å²) in [7, 11) is 0. The van der Waals surface area contributed by atoms with Crippen molar-refractivity contribution in [2.75, 3.05) is 20.0 Å². The van der Waals surface area contributed by atoms with Crippen LogP contribution in [0.2, 0.25) is 0 Å². The molecule has 0 radical (unpaired) electrons. The summed E-state index contributed by atoms with van der Waals surface area (Å²) in [6.45, 7) is 9.38. The second kappa shape index (κ2) is 29.9. The highest BCUT2D eigenvalue weighted by molar-refractivity contribution is 9.10. The number of anilines is 11. The Hall–Kier alpha value is -14.4. The Balaban J connectivity index is 0.000000124. The van der Waals surface area contributed by atoms with Crippen LogP contribution in [0.1, 0.15) is 102 Å². The van der Waals surface area contributed by atoms with E-state index in [0.717, 1.165) is 32.9 Å². The summed E-state index contributed by atoms with van der Waals surface area (Å²) >= 11 is 3.97. The smallest absolute Gasteiger partial charge is 0.0774 e. The van der Waals surface area contributed by atoms with Crippen molar-refractivity contribution in [3.63, 3.8) is 0 Å². The van der Waals surface area contributed by atoms with E-state index in [-0.39, 0.29) is 23.7 Å². The number of halogens is 1. The summed E-state index contributed by atoms with van der Waals surface area (Å²) < 4.78 is 1.15. The molecule has 5 heteroatoms. The molecule has 2 heterocycles. The van der Waals surface area contributed by atoms with Crippen LogP contribution in [0.4, 0.5) is 62.6 Å². The molecule has 0 bridgehead atoms. The molecular weight excluding hydrogens is 1540 g/mol. The van der Waals surface area contributed by atoms with Gasteiger partial charge in [0.25, 0.3) is 0 Å². The third-order valence-corrected chi connectivity index (χ3v) is 27.1. The lowest BCUT2D eigenvalue weighted by molar-refractivity contribution is 0.660. The molecule has 0 fully saturated rings. The Morgan fingerprint density at radius 3 is 1.01 bits per heavy atom. The minimum atomic E-state index is -0.616. The minimum absolute atomic E-state index is 0. The van der Waals surface area contributed by atoms with Gasteiger partial charge in [-0.3, -0.25) is 0 Å². The van der Waals surface area contributed by atoms with E-state index in [1.807, 2.05) is 6.07 Å². The minimum Gasteiger partial charge on any atom is -0.356 e. The molecule has 4 nitrogen and oxygen atoms in total. The van der Waals surface area contributed by atoms with Crippen molar-refractivity contribution in [2.24, 2.45) is 0 Å². The zero-order valence-corrected chi connectivity index (χ0v) is 69.4. The Bertz CT molecular complexity index is 6980. The highest BCUT2D eigenvalue weighted by atomic mass is 79.9. The van der Waals surface area contributed by atoms with E-state index in [0.29, 0.717) is 0 Å². The molecule has 6 aliphatic rings. The first-order chi connectivity index (χ1) is 59.5. The van der Waals surface area contributed by atoms with Crippen molar-refractivity contribution in [3.8, 4) is 66.8 Å². The molecule has 584 valence electrons. The molecule has 0 saturated carbocycles. The lowest BCUT2D eigenvalue weighted by atomic mass is 9.64. The maximum absolute atomic E-state index is 3.97. The zero-order valence-electron chi connectivity index (χ0n) is 67.8. The summed E-state index contributed by atoms with van der Waals surface area (Å²) in [6, 6.07) is 160. The van der Waals surface area contributed by atoms with Crippen LogP contribution >= 0.6 is 15.9 Å².